The number of nitrogens with two attached hydrogens (primary N) is 1. The van der Waals surface area contributed by atoms with Crippen LogP contribution in [-0.4, -0.2) is 24.0 Å². The number of primary amides is 1. The van der Waals surface area contributed by atoms with E-state index in [-0.39, 0.29) is 5.76 Å². The zero-order valence-corrected chi connectivity index (χ0v) is 9.35. The number of hydrogen-bond donors (Lipinski definition) is 1. The average molecular weight is 231 g/mol. The molecule has 1 aliphatic rings. The molecule has 5 heteroatoms. The maximum Gasteiger partial charge on any atom is 0.286 e. The van der Waals surface area contributed by atoms with Gasteiger partial charge in [-0.05, 0) is 25.0 Å². The first-order valence-corrected chi connectivity index (χ1v) is 5.69. The molecule has 88 valence electrons. The van der Waals surface area contributed by atoms with E-state index in [0.29, 0.717) is 5.71 Å². The second-order valence-corrected chi connectivity index (χ2v) is 4.19. The van der Waals surface area contributed by atoms with E-state index in [1.807, 2.05) is 12.1 Å². The van der Waals surface area contributed by atoms with Crippen molar-refractivity contribution in [3.63, 3.8) is 0 Å². The predicted octanol–water partition coefficient (Wildman–Crippen LogP) is 1.53. The Morgan fingerprint density at radius 3 is 2.88 bits per heavy atom. The van der Waals surface area contributed by atoms with Crippen LogP contribution in [0.4, 0.5) is 5.69 Å². The van der Waals surface area contributed by atoms with E-state index < -0.39 is 5.91 Å². The third-order valence-corrected chi connectivity index (χ3v) is 3.09. The van der Waals surface area contributed by atoms with Crippen molar-refractivity contribution in [1.29, 1.82) is 0 Å². The number of carbonyl (C=O) groups excluding carboxylic acids is 1. The molecule has 0 aliphatic carbocycles. The minimum absolute atomic E-state index is 0.223. The van der Waals surface area contributed by atoms with Gasteiger partial charge in [0.15, 0.2) is 0 Å². The lowest BCUT2D eigenvalue weighted by molar-refractivity contribution is 0.0976. The van der Waals surface area contributed by atoms with Crippen LogP contribution in [0.25, 0.3) is 11.1 Å². The molecule has 0 radical (unpaired) electrons. The number of carbonyl (C=O) groups is 1. The molecule has 2 N–H and O–H groups in total. The van der Waals surface area contributed by atoms with E-state index in [1.165, 1.54) is 0 Å². The largest absolute Gasteiger partial charge is 0.430 e. The fourth-order valence-electron chi connectivity index (χ4n) is 2.34. The maximum atomic E-state index is 11.4. The molecule has 5 nitrogen and oxygen atoms in total. The highest BCUT2D eigenvalue weighted by Gasteiger charge is 2.25. The van der Waals surface area contributed by atoms with Crippen molar-refractivity contribution in [2.24, 2.45) is 5.73 Å². The number of pyridine rings is 1. The molecule has 0 atom stereocenters. The number of rotatable bonds is 2. The Labute approximate surface area is 98.2 Å². The van der Waals surface area contributed by atoms with Gasteiger partial charge in [0.05, 0.1) is 11.1 Å². The number of furan rings is 1. The summed E-state index contributed by atoms with van der Waals surface area (Å²) in [6.07, 6.45) is 3.90. The average Bonchev–Trinajstić information content (AvgIpc) is 2.94. The molecular formula is C12H13N3O2. The Morgan fingerprint density at radius 2 is 2.18 bits per heavy atom. The number of nitrogens with zero attached hydrogens (tertiary/aromatic N) is 2. The number of anilines is 1. The standard InChI is InChI=1S/C12H13N3O2/c13-11(16)10-9(15-6-1-2-7-15)8-4-3-5-14-12(8)17-10/h3-5H,1-2,6-7H2,(H2,13,16). The highest BCUT2D eigenvalue weighted by molar-refractivity contribution is 6.05. The molecule has 0 aromatic carbocycles. The van der Waals surface area contributed by atoms with Crippen LogP contribution in [0.5, 0.6) is 0 Å². The molecule has 1 saturated heterocycles. The summed E-state index contributed by atoms with van der Waals surface area (Å²) in [7, 11) is 0. The highest BCUT2D eigenvalue weighted by Crippen LogP contribution is 2.34. The quantitative estimate of drug-likeness (QED) is 0.850. The maximum absolute atomic E-state index is 11.4. The second kappa shape index (κ2) is 3.76. The van der Waals surface area contributed by atoms with Crippen LogP contribution in [0, 0.1) is 0 Å². The van der Waals surface area contributed by atoms with Gasteiger partial charge in [0.2, 0.25) is 11.5 Å². The molecule has 3 heterocycles. The molecule has 0 saturated carbocycles. The van der Waals surface area contributed by atoms with Gasteiger partial charge in [-0.25, -0.2) is 4.98 Å². The molecule has 3 rings (SSSR count). The molecule has 0 bridgehead atoms. The zero-order valence-electron chi connectivity index (χ0n) is 9.35. The molecular weight excluding hydrogens is 218 g/mol. The molecule has 0 unspecified atom stereocenters. The minimum Gasteiger partial charge on any atom is -0.430 e. The van der Waals surface area contributed by atoms with Crippen molar-refractivity contribution >= 4 is 22.7 Å². The van der Waals surface area contributed by atoms with Gasteiger partial charge >= 0.3 is 0 Å². The van der Waals surface area contributed by atoms with Crippen LogP contribution in [0.2, 0.25) is 0 Å². The molecule has 1 aliphatic heterocycles. The molecule has 17 heavy (non-hydrogen) atoms. The monoisotopic (exact) mass is 231 g/mol. The number of fused-ring (bicyclic) bond motifs is 1. The van der Waals surface area contributed by atoms with Gasteiger partial charge < -0.3 is 15.1 Å². The van der Waals surface area contributed by atoms with Crippen LogP contribution in [0.3, 0.4) is 0 Å². The molecule has 2 aromatic rings. The third kappa shape index (κ3) is 1.54. The first-order chi connectivity index (χ1) is 8.27. The summed E-state index contributed by atoms with van der Waals surface area (Å²) in [6, 6.07) is 3.74. The van der Waals surface area contributed by atoms with Crippen molar-refractivity contribution in [3.05, 3.63) is 24.1 Å². The van der Waals surface area contributed by atoms with Crippen LogP contribution in [0.15, 0.2) is 22.7 Å². The summed E-state index contributed by atoms with van der Waals surface area (Å²) in [5.74, 6) is -0.314. The molecule has 1 amide bonds. The zero-order chi connectivity index (χ0) is 11.8. The smallest absolute Gasteiger partial charge is 0.286 e. The van der Waals surface area contributed by atoms with Crippen molar-refractivity contribution in [1.82, 2.24) is 4.98 Å². The van der Waals surface area contributed by atoms with E-state index in [0.717, 1.165) is 37.0 Å². The molecule has 1 fully saturated rings. The summed E-state index contributed by atoms with van der Waals surface area (Å²) >= 11 is 0. The first-order valence-electron chi connectivity index (χ1n) is 5.69. The third-order valence-electron chi connectivity index (χ3n) is 3.09. The van der Waals surface area contributed by atoms with Gasteiger partial charge in [0, 0.05) is 19.3 Å². The van der Waals surface area contributed by atoms with E-state index in [4.69, 9.17) is 10.2 Å². The summed E-state index contributed by atoms with van der Waals surface area (Å²) < 4.78 is 5.45. The van der Waals surface area contributed by atoms with Crippen molar-refractivity contribution < 1.29 is 9.21 Å². The summed E-state index contributed by atoms with van der Waals surface area (Å²) in [6.45, 7) is 1.87. The van der Waals surface area contributed by atoms with Crippen molar-refractivity contribution in [2.75, 3.05) is 18.0 Å². The topological polar surface area (TPSA) is 72.4 Å². The summed E-state index contributed by atoms with van der Waals surface area (Å²) in [5, 5.41) is 0.864. The first kappa shape index (κ1) is 10.1. The predicted molar refractivity (Wildman–Crippen MR) is 64.0 cm³/mol. The Morgan fingerprint density at radius 1 is 1.41 bits per heavy atom. The van der Waals surface area contributed by atoms with Gasteiger partial charge in [0.1, 0.15) is 0 Å². The van der Waals surface area contributed by atoms with E-state index in [2.05, 4.69) is 9.88 Å². The molecule has 2 aromatic heterocycles. The SMILES string of the molecule is NC(=O)c1oc2ncccc2c1N1CCCC1. The Balaban J connectivity index is 2.24. The Kier molecular flexibility index (Phi) is 2.24. The van der Waals surface area contributed by atoms with E-state index >= 15 is 0 Å². The number of hydrogen-bond acceptors (Lipinski definition) is 4. The fraction of sp³-hybridized carbons (Fsp3) is 0.333. The lowest BCUT2D eigenvalue weighted by atomic mass is 10.2. The second-order valence-electron chi connectivity index (χ2n) is 4.19. The van der Waals surface area contributed by atoms with Crippen molar-refractivity contribution in [2.45, 2.75) is 12.8 Å². The number of amides is 1. The summed E-state index contributed by atoms with van der Waals surface area (Å²) in [4.78, 5) is 17.7. The van der Waals surface area contributed by atoms with Gasteiger partial charge in [-0.3, -0.25) is 4.79 Å². The molecule has 0 spiro atoms. The van der Waals surface area contributed by atoms with Crippen LogP contribution in [-0.2, 0) is 0 Å². The van der Waals surface area contributed by atoms with Crippen molar-refractivity contribution in [3.8, 4) is 0 Å². The normalized spacial score (nSPS) is 15.6. The van der Waals surface area contributed by atoms with Crippen LogP contribution in [0.1, 0.15) is 23.4 Å². The lowest BCUT2D eigenvalue weighted by Gasteiger charge is -2.16. The highest BCUT2D eigenvalue weighted by atomic mass is 16.4. The van der Waals surface area contributed by atoms with E-state index in [1.54, 1.807) is 6.20 Å². The van der Waals surface area contributed by atoms with Gasteiger partial charge in [-0.1, -0.05) is 0 Å². The van der Waals surface area contributed by atoms with Gasteiger partial charge in [-0.2, -0.15) is 0 Å². The fourth-order valence-corrected chi connectivity index (χ4v) is 2.34. The summed E-state index contributed by atoms with van der Waals surface area (Å²) in [5.41, 5.74) is 6.64. The minimum atomic E-state index is -0.537. The van der Waals surface area contributed by atoms with Crippen LogP contribution >= 0.6 is 0 Å². The lowest BCUT2D eigenvalue weighted by Crippen LogP contribution is -2.21. The van der Waals surface area contributed by atoms with Gasteiger partial charge in [0.25, 0.3) is 5.91 Å². The van der Waals surface area contributed by atoms with Gasteiger partial charge in [-0.15, -0.1) is 0 Å². The van der Waals surface area contributed by atoms with E-state index in [9.17, 15) is 4.79 Å². The Bertz CT molecular complexity index is 570. The number of aromatic nitrogens is 1. The van der Waals surface area contributed by atoms with Crippen LogP contribution < -0.4 is 10.6 Å². The Hall–Kier alpha value is -2.04.